The molecule has 2 N–H and O–H groups in total. The molecule has 0 aliphatic carbocycles. The van der Waals surface area contributed by atoms with Crippen LogP contribution in [-0.4, -0.2) is 36.1 Å². The second-order valence-electron chi connectivity index (χ2n) is 6.98. The first-order valence-corrected chi connectivity index (χ1v) is 10.7. The number of carbonyl (C=O) groups excluding carboxylic acids is 1. The fourth-order valence-electron chi connectivity index (χ4n) is 3.49. The van der Waals surface area contributed by atoms with E-state index in [-0.39, 0.29) is 28.6 Å². The quantitative estimate of drug-likeness (QED) is 0.496. The summed E-state index contributed by atoms with van der Waals surface area (Å²) < 4.78 is 52.6. The van der Waals surface area contributed by atoms with Crippen molar-refractivity contribution in [1.82, 2.24) is 9.78 Å². The second-order valence-corrected chi connectivity index (χ2v) is 8.34. The third-order valence-corrected chi connectivity index (χ3v) is 6.40. The number of aromatic nitrogens is 2. The zero-order chi connectivity index (χ0) is 23.0. The van der Waals surface area contributed by atoms with Crippen molar-refractivity contribution in [3.05, 3.63) is 51.3 Å². The molecule has 0 saturated heterocycles. The van der Waals surface area contributed by atoms with Crippen molar-refractivity contribution in [1.29, 1.82) is 0 Å². The van der Waals surface area contributed by atoms with Gasteiger partial charge in [-0.1, -0.05) is 17.7 Å². The van der Waals surface area contributed by atoms with Crippen LogP contribution in [0.5, 0.6) is 11.5 Å². The third-order valence-electron chi connectivity index (χ3n) is 5.05. The lowest BCUT2D eigenvalue weighted by Gasteiger charge is -2.32. The van der Waals surface area contributed by atoms with E-state index in [0.717, 1.165) is 9.56 Å². The van der Waals surface area contributed by atoms with Gasteiger partial charge in [0.05, 0.1) is 25.9 Å². The summed E-state index contributed by atoms with van der Waals surface area (Å²) in [5, 5.41) is 11.1. The number of fused-ring (bicyclic) bond motifs is 1. The summed E-state index contributed by atoms with van der Waals surface area (Å²) in [4.78, 5) is 13.6. The van der Waals surface area contributed by atoms with Gasteiger partial charge in [-0.3, -0.25) is 4.79 Å². The number of alkyl halides is 3. The molecular weight excluding hydrogens is 469 g/mol. The van der Waals surface area contributed by atoms with Gasteiger partial charge >= 0.3 is 6.18 Å². The topological polar surface area (TPSA) is 77.4 Å². The molecule has 0 fully saturated rings. The zero-order valence-corrected chi connectivity index (χ0v) is 18.4. The van der Waals surface area contributed by atoms with Crippen LogP contribution in [-0.2, 0) is 0 Å². The van der Waals surface area contributed by atoms with Crippen molar-refractivity contribution in [2.24, 2.45) is 0 Å². The Morgan fingerprint density at radius 1 is 1.31 bits per heavy atom. The highest BCUT2D eigenvalue weighted by atomic mass is 35.5. The maximum Gasteiger partial charge on any atom is 0.410 e. The molecule has 1 aliphatic rings. The second kappa shape index (κ2) is 8.55. The number of anilines is 2. The fourth-order valence-corrected chi connectivity index (χ4v) is 4.55. The van der Waals surface area contributed by atoms with Crippen molar-refractivity contribution in [3.8, 4) is 11.5 Å². The first-order chi connectivity index (χ1) is 15.2. The Kier molecular flexibility index (Phi) is 5.95. The summed E-state index contributed by atoms with van der Waals surface area (Å²) in [5.41, 5.74) is -0.0368. The van der Waals surface area contributed by atoms with Crippen molar-refractivity contribution in [2.45, 2.75) is 24.7 Å². The molecule has 3 heterocycles. The van der Waals surface area contributed by atoms with Gasteiger partial charge in [-0.05, 0) is 23.6 Å². The number of thiophene rings is 1. The van der Waals surface area contributed by atoms with Crippen LogP contribution in [0.1, 0.15) is 33.9 Å². The molecule has 1 amide bonds. The van der Waals surface area contributed by atoms with E-state index in [1.165, 1.54) is 25.6 Å². The van der Waals surface area contributed by atoms with Gasteiger partial charge in [0.2, 0.25) is 0 Å². The van der Waals surface area contributed by atoms with Crippen molar-refractivity contribution < 1.29 is 27.4 Å². The zero-order valence-electron chi connectivity index (χ0n) is 16.9. The summed E-state index contributed by atoms with van der Waals surface area (Å²) >= 11 is 7.68. The van der Waals surface area contributed by atoms with E-state index >= 15 is 0 Å². The molecule has 1 aromatic carbocycles. The summed E-state index contributed by atoms with van der Waals surface area (Å²) in [6.07, 6.45) is -4.85. The van der Waals surface area contributed by atoms with Crippen molar-refractivity contribution in [2.75, 3.05) is 24.9 Å². The van der Waals surface area contributed by atoms with Gasteiger partial charge in [0.25, 0.3) is 5.91 Å². The number of halogens is 4. The molecule has 3 aromatic rings. The Labute approximate surface area is 190 Å². The summed E-state index contributed by atoms with van der Waals surface area (Å²) in [6, 6.07) is 5.68. The number of hydrogen-bond acceptors (Lipinski definition) is 6. The molecule has 4 rings (SSSR count). The fraction of sp³-hybridized carbons (Fsp3) is 0.300. The maximum absolute atomic E-state index is 13.8. The van der Waals surface area contributed by atoms with Gasteiger partial charge in [0.1, 0.15) is 22.3 Å². The maximum atomic E-state index is 13.8. The molecule has 32 heavy (non-hydrogen) atoms. The average molecular weight is 487 g/mol. The van der Waals surface area contributed by atoms with Crippen molar-refractivity contribution >= 4 is 40.4 Å². The lowest BCUT2D eigenvalue weighted by Crippen LogP contribution is -2.35. The van der Waals surface area contributed by atoms with Gasteiger partial charge in [0.15, 0.2) is 11.7 Å². The van der Waals surface area contributed by atoms with Crippen LogP contribution in [0.3, 0.4) is 0 Å². The van der Waals surface area contributed by atoms with Gasteiger partial charge in [0, 0.05) is 17.4 Å². The number of ether oxygens (including phenoxy) is 2. The van der Waals surface area contributed by atoms with E-state index < -0.39 is 24.2 Å². The highest BCUT2D eigenvalue weighted by molar-refractivity contribution is 7.10. The van der Waals surface area contributed by atoms with Gasteiger partial charge in [-0.2, -0.15) is 18.3 Å². The molecule has 2 aromatic heterocycles. The van der Waals surface area contributed by atoms with Gasteiger partial charge in [-0.15, -0.1) is 11.3 Å². The van der Waals surface area contributed by atoms with Crippen LogP contribution in [0, 0.1) is 0 Å². The van der Waals surface area contributed by atoms with E-state index in [2.05, 4.69) is 15.7 Å². The van der Waals surface area contributed by atoms with Gasteiger partial charge < -0.3 is 20.1 Å². The molecule has 0 radical (unpaired) electrons. The molecular formula is C20H18ClF3N4O3S. The minimum absolute atomic E-state index is 0.0505. The lowest BCUT2D eigenvalue weighted by molar-refractivity contribution is -0.173. The molecule has 0 saturated carbocycles. The van der Waals surface area contributed by atoms with E-state index in [4.69, 9.17) is 21.1 Å². The highest BCUT2D eigenvalue weighted by Crippen LogP contribution is 2.47. The minimum atomic E-state index is -4.57. The van der Waals surface area contributed by atoms with Crippen LogP contribution >= 0.6 is 22.9 Å². The van der Waals surface area contributed by atoms with E-state index in [1.807, 2.05) is 0 Å². The largest absolute Gasteiger partial charge is 0.497 e. The number of methoxy groups -OCH3 is 2. The third kappa shape index (κ3) is 4.09. The Hall–Kier alpha value is -2.92. The minimum Gasteiger partial charge on any atom is -0.497 e. The summed E-state index contributed by atoms with van der Waals surface area (Å²) in [6.45, 7) is 0. The number of hydrogen-bond donors (Lipinski definition) is 2. The van der Waals surface area contributed by atoms with Crippen LogP contribution in [0.2, 0.25) is 5.02 Å². The number of benzene rings is 1. The van der Waals surface area contributed by atoms with Crippen LogP contribution in [0.15, 0.2) is 35.7 Å². The number of amides is 1. The number of nitrogens with zero attached hydrogens (tertiary/aromatic N) is 2. The summed E-state index contributed by atoms with van der Waals surface area (Å²) in [5.74, 6) is -0.00438. The monoisotopic (exact) mass is 486 g/mol. The molecule has 7 nitrogen and oxygen atoms in total. The molecule has 2 atom stereocenters. The molecule has 1 aliphatic heterocycles. The molecule has 170 valence electrons. The van der Waals surface area contributed by atoms with Crippen LogP contribution in [0.25, 0.3) is 0 Å². The van der Waals surface area contributed by atoms with Crippen LogP contribution < -0.4 is 20.1 Å². The Balaban J connectivity index is 1.68. The molecule has 12 heteroatoms. The number of nitrogens with one attached hydrogen (secondary N) is 2. The average Bonchev–Trinajstić information content (AvgIpc) is 3.41. The standard InChI is InChI=1S/C20H18ClF3N4O3S/c1-30-10-5-6-11(13(8-10)31-2)26-19(29)17-16(21)18-25-12(14-4-3-7-32-14)9-15(20(22,23)24)28(18)27-17/h3-8,12,15,25H,9H2,1-2H3,(H,26,29)/t12-,15-/m1/s1. The van der Waals surface area contributed by atoms with E-state index in [0.29, 0.717) is 11.5 Å². The predicted molar refractivity (Wildman–Crippen MR) is 115 cm³/mol. The first kappa shape index (κ1) is 22.3. The highest BCUT2D eigenvalue weighted by Gasteiger charge is 2.48. The Morgan fingerprint density at radius 3 is 2.72 bits per heavy atom. The molecule has 0 unspecified atom stereocenters. The summed E-state index contributed by atoms with van der Waals surface area (Å²) in [7, 11) is 2.89. The smallest absolute Gasteiger partial charge is 0.410 e. The van der Waals surface area contributed by atoms with Crippen LogP contribution in [0.4, 0.5) is 24.7 Å². The van der Waals surface area contributed by atoms with Gasteiger partial charge in [-0.25, -0.2) is 4.68 Å². The first-order valence-electron chi connectivity index (χ1n) is 9.41. The molecule has 0 spiro atoms. The normalized spacial score (nSPS) is 17.9. The predicted octanol–water partition coefficient (Wildman–Crippen LogP) is 5.53. The number of carbonyl (C=O) groups is 1. The molecule has 0 bridgehead atoms. The Morgan fingerprint density at radius 2 is 2.09 bits per heavy atom. The number of rotatable bonds is 5. The van der Waals surface area contributed by atoms with E-state index in [1.54, 1.807) is 35.7 Å². The van der Waals surface area contributed by atoms with Crippen molar-refractivity contribution in [3.63, 3.8) is 0 Å². The lowest BCUT2D eigenvalue weighted by atomic mass is 10.0. The SMILES string of the molecule is COc1ccc(NC(=O)c2nn3c(c2Cl)N[C@@H](c2cccs2)C[C@@H]3C(F)(F)F)c(OC)c1. The van der Waals surface area contributed by atoms with E-state index in [9.17, 15) is 18.0 Å². The Bertz CT molecular complexity index is 1130.